The number of hydrogen-bond donors (Lipinski definition) is 2. The maximum absolute atomic E-state index is 11.2. The van der Waals surface area contributed by atoms with Crippen LogP contribution in [0.5, 0.6) is 0 Å². The number of methoxy groups -OCH3 is 1. The molecule has 0 aromatic rings. The summed E-state index contributed by atoms with van der Waals surface area (Å²) >= 11 is 0. The zero-order chi connectivity index (χ0) is 10.6. The van der Waals surface area contributed by atoms with Crippen molar-refractivity contribution >= 4 is 5.97 Å². The molecule has 82 valence electrons. The molecule has 1 rings (SSSR count). The molecule has 1 saturated heterocycles. The van der Waals surface area contributed by atoms with Gasteiger partial charge in [-0.3, -0.25) is 4.79 Å². The average Bonchev–Trinajstić information content (AvgIpc) is 2.17. The Bertz CT molecular complexity index is 187. The zero-order valence-electron chi connectivity index (χ0n) is 9.17. The van der Waals surface area contributed by atoms with E-state index in [1.807, 2.05) is 0 Å². The minimum absolute atomic E-state index is 0.106. The summed E-state index contributed by atoms with van der Waals surface area (Å²) in [6.07, 6.45) is 1.89. The molecule has 0 aliphatic carbocycles. The van der Waals surface area contributed by atoms with E-state index < -0.39 is 0 Å². The molecule has 0 radical (unpaired) electrons. The third kappa shape index (κ3) is 3.27. The average molecular weight is 200 g/mol. The van der Waals surface area contributed by atoms with Crippen LogP contribution < -0.4 is 10.6 Å². The first-order valence-electron chi connectivity index (χ1n) is 5.20. The molecule has 0 aromatic heterocycles. The summed E-state index contributed by atoms with van der Waals surface area (Å²) in [4.78, 5) is 11.2. The van der Waals surface area contributed by atoms with Crippen molar-refractivity contribution in [3.63, 3.8) is 0 Å². The van der Waals surface area contributed by atoms with Crippen molar-refractivity contribution in [1.29, 1.82) is 0 Å². The van der Waals surface area contributed by atoms with Crippen molar-refractivity contribution in [2.45, 2.75) is 44.8 Å². The van der Waals surface area contributed by atoms with Gasteiger partial charge in [-0.2, -0.15) is 0 Å². The first-order chi connectivity index (χ1) is 6.63. The Kier molecular flexibility index (Phi) is 4.35. The first kappa shape index (κ1) is 11.5. The van der Waals surface area contributed by atoms with Gasteiger partial charge < -0.3 is 15.4 Å². The Morgan fingerprint density at radius 3 is 2.64 bits per heavy atom. The molecule has 2 N–H and O–H groups in total. The molecule has 1 fully saturated rings. The van der Waals surface area contributed by atoms with Crippen LogP contribution in [0.2, 0.25) is 0 Å². The molecule has 1 aliphatic rings. The summed E-state index contributed by atoms with van der Waals surface area (Å²) in [5.41, 5.74) is 0. The number of carbonyl (C=O) groups is 1. The Morgan fingerprint density at radius 1 is 1.50 bits per heavy atom. The van der Waals surface area contributed by atoms with Crippen LogP contribution >= 0.6 is 0 Å². The van der Waals surface area contributed by atoms with Gasteiger partial charge in [0.2, 0.25) is 0 Å². The molecule has 0 bridgehead atoms. The molecule has 4 nitrogen and oxygen atoms in total. The summed E-state index contributed by atoms with van der Waals surface area (Å²) < 4.78 is 4.68. The number of nitrogens with one attached hydrogen (secondary N) is 2. The lowest BCUT2D eigenvalue weighted by molar-refractivity contribution is -0.143. The SMILES string of the molecule is COC(=O)[C@H]1CC[C@@H](NC(C)C)CN1. The number of piperidine rings is 1. The van der Waals surface area contributed by atoms with E-state index in [9.17, 15) is 4.79 Å². The van der Waals surface area contributed by atoms with Crippen LogP contribution in [0, 0.1) is 0 Å². The summed E-state index contributed by atoms with van der Waals surface area (Å²) in [6, 6.07) is 0.873. The topological polar surface area (TPSA) is 50.4 Å². The molecule has 14 heavy (non-hydrogen) atoms. The second-order valence-electron chi connectivity index (χ2n) is 4.08. The second kappa shape index (κ2) is 5.32. The van der Waals surface area contributed by atoms with E-state index in [2.05, 4.69) is 29.2 Å². The molecule has 0 unspecified atom stereocenters. The Balaban J connectivity index is 2.27. The van der Waals surface area contributed by atoms with Crippen molar-refractivity contribution in [2.75, 3.05) is 13.7 Å². The van der Waals surface area contributed by atoms with E-state index in [1.165, 1.54) is 7.11 Å². The first-order valence-corrected chi connectivity index (χ1v) is 5.20. The van der Waals surface area contributed by atoms with Crippen LogP contribution in [0.15, 0.2) is 0 Å². The van der Waals surface area contributed by atoms with Crippen molar-refractivity contribution in [3.05, 3.63) is 0 Å². The third-order valence-electron chi connectivity index (χ3n) is 2.47. The van der Waals surface area contributed by atoms with E-state index in [4.69, 9.17) is 0 Å². The molecule has 0 aromatic carbocycles. The predicted molar refractivity (Wildman–Crippen MR) is 55.1 cm³/mol. The highest BCUT2D eigenvalue weighted by Crippen LogP contribution is 2.09. The van der Waals surface area contributed by atoms with E-state index in [0.717, 1.165) is 19.4 Å². The second-order valence-corrected chi connectivity index (χ2v) is 4.08. The van der Waals surface area contributed by atoms with Gasteiger partial charge in [0.05, 0.1) is 7.11 Å². The van der Waals surface area contributed by atoms with Crippen LogP contribution in [-0.2, 0) is 9.53 Å². The van der Waals surface area contributed by atoms with Crippen LogP contribution in [-0.4, -0.2) is 37.7 Å². The maximum Gasteiger partial charge on any atom is 0.322 e. The standard InChI is InChI=1S/C10H20N2O2/c1-7(2)12-8-4-5-9(11-6-8)10(13)14-3/h7-9,11-12H,4-6H2,1-3H3/t8-,9-/m1/s1. The summed E-state index contributed by atoms with van der Waals surface area (Å²) in [7, 11) is 1.43. The zero-order valence-corrected chi connectivity index (χ0v) is 9.17. The quantitative estimate of drug-likeness (QED) is 0.642. The van der Waals surface area contributed by atoms with Crippen molar-refractivity contribution < 1.29 is 9.53 Å². The maximum atomic E-state index is 11.2. The fourth-order valence-corrected chi connectivity index (χ4v) is 1.81. The van der Waals surface area contributed by atoms with Gasteiger partial charge in [-0.05, 0) is 12.8 Å². The molecule has 1 heterocycles. The fraction of sp³-hybridized carbons (Fsp3) is 0.900. The number of esters is 1. The molecular weight excluding hydrogens is 180 g/mol. The van der Waals surface area contributed by atoms with Crippen LogP contribution in [0.1, 0.15) is 26.7 Å². The largest absolute Gasteiger partial charge is 0.468 e. The minimum Gasteiger partial charge on any atom is -0.468 e. The lowest BCUT2D eigenvalue weighted by Crippen LogP contribution is -2.52. The van der Waals surface area contributed by atoms with Gasteiger partial charge in [-0.25, -0.2) is 0 Å². The molecule has 2 atom stereocenters. The summed E-state index contributed by atoms with van der Waals surface area (Å²) in [5, 5.41) is 6.63. The van der Waals surface area contributed by atoms with Gasteiger partial charge in [0.25, 0.3) is 0 Å². The smallest absolute Gasteiger partial charge is 0.322 e. The summed E-state index contributed by atoms with van der Waals surface area (Å²) in [6.45, 7) is 5.11. The molecule has 1 aliphatic heterocycles. The number of rotatable bonds is 3. The normalized spacial score (nSPS) is 27.7. The van der Waals surface area contributed by atoms with Gasteiger partial charge in [-0.15, -0.1) is 0 Å². The van der Waals surface area contributed by atoms with E-state index >= 15 is 0 Å². The molecule has 0 spiro atoms. The Hall–Kier alpha value is -0.610. The molecule has 0 amide bonds. The summed E-state index contributed by atoms with van der Waals surface area (Å²) in [5.74, 6) is -0.145. The highest BCUT2D eigenvalue weighted by Gasteiger charge is 2.26. The van der Waals surface area contributed by atoms with E-state index in [0.29, 0.717) is 12.1 Å². The third-order valence-corrected chi connectivity index (χ3v) is 2.47. The van der Waals surface area contributed by atoms with Crippen LogP contribution in [0.3, 0.4) is 0 Å². The lowest BCUT2D eigenvalue weighted by Gasteiger charge is -2.30. The van der Waals surface area contributed by atoms with Gasteiger partial charge in [0.15, 0.2) is 0 Å². The monoisotopic (exact) mass is 200 g/mol. The van der Waals surface area contributed by atoms with E-state index in [1.54, 1.807) is 0 Å². The number of ether oxygens (including phenoxy) is 1. The van der Waals surface area contributed by atoms with E-state index in [-0.39, 0.29) is 12.0 Å². The van der Waals surface area contributed by atoms with Gasteiger partial charge >= 0.3 is 5.97 Å². The fourth-order valence-electron chi connectivity index (χ4n) is 1.81. The van der Waals surface area contributed by atoms with Gasteiger partial charge in [0, 0.05) is 18.6 Å². The van der Waals surface area contributed by atoms with Crippen LogP contribution in [0.4, 0.5) is 0 Å². The highest BCUT2D eigenvalue weighted by atomic mass is 16.5. The highest BCUT2D eigenvalue weighted by molar-refractivity contribution is 5.75. The van der Waals surface area contributed by atoms with Crippen molar-refractivity contribution in [1.82, 2.24) is 10.6 Å². The number of hydrogen-bond acceptors (Lipinski definition) is 4. The molecule has 4 heteroatoms. The number of carbonyl (C=O) groups excluding carboxylic acids is 1. The Morgan fingerprint density at radius 2 is 2.21 bits per heavy atom. The van der Waals surface area contributed by atoms with Crippen LogP contribution in [0.25, 0.3) is 0 Å². The molecular formula is C10H20N2O2. The minimum atomic E-state index is -0.145. The van der Waals surface area contributed by atoms with Gasteiger partial charge in [0.1, 0.15) is 6.04 Å². The Labute approximate surface area is 85.4 Å². The van der Waals surface area contributed by atoms with Gasteiger partial charge in [-0.1, -0.05) is 13.8 Å². The lowest BCUT2D eigenvalue weighted by atomic mass is 10.0. The molecule has 0 saturated carbocycles. The predicted octanol–water partition coefficient (Wildman–Crippen LogP) is 0.278. The van der Waals surface area contributed by atoms with Crippen molar-refractivity contribution in [2.24, 2.45) is 0 Å². The van der Waals surface area contributed by atoms with Crippen molar-refractivity contribution in [3.8, 4) is 0 Å².